The van der Waals surface area contributed by atoms with E-state index in [-0.39, 0.29) is 5.91 Å². The van der Waals surface area contributed by atoms with Crippen LogP contribution < -0.4 is 5.32 Å². The number of nitrogens with one attached hydrogen (secondary N) is 2. The summed E-state index contributed by atoms with van der Waals surface area (Å²) in [6.45, 7) is 4.85. The first-order valence-electron chi connectivity index (χ1n) is 7.57. The Morgan fingerprint density at radius 1 is 1.35 bits per heavy atom. The van der Waals surface area contributed by atoms with Crippen molar-refractivity contribution in [3.8, 4) is 0 Å². The third kappa shape index (κ3) is 3.32. The number of amides is 1. The molecular formula is C17H19BrN4O. The van der Waals surface area contributed by atoms with Gasteiger partial charge in [0.1, 0.15) is 12.4 Å². The summed E-state index contributed by atoms with van der Waals surface area (Å²) in [6.07, 6.45) is 2.56. The molecule has 120 valence electrons. The molecule has 3 aromatic rings. The zero-order valence-corrected chi connectivity index (χ0v) is 14.8. The lowest BCUT2D eigenvalue weighted by molar-refractivity contribution is -0.121. The van der Waals surface area contributed by atoms with Gasteiger partial charge in [-0.3, -0.25) is 4.79 Å². The van der Waals surface area contributed by atoms with Crippen molar-refractivity contribution in [1.29, 1.82) is 0 Å². The van der Waals surface area contributed by atoms with E-state index in [1.54, 1.807) is 0 Å². The quantitative estimate of drug-likeness (QED) is 0.720. The number of halogens is 1. The largest absolute Gasteiger partial charge is 0.354 e. The number of H-pyrrole nitrogens is 1. The molecule has 0 aliphatic heterocycles. The van der Waals surface area contributed by atoms with Gasteiger partial charge in [0.2, 0.25) is 5.91 Å². The number of fused-ring (bicyclic) bond motifs is 1. The third-order valence-electron chi connectivity index (χ3n) is 3.93. The minimum Gasteiger partial charge on any atom is -0.354 e. The molecule has 1 amide bonds. The Kier molecular flexibility index (Phi) is 4.52. The number of para-hydroxylation sites is 1. The number of rotatable bonds is 5. The maximum atomic E-state index is 12.2. The molecule has 0 bridgehead atoms. The van der Waals surface area contributed by atoms with Gasteiger partial charge in [-0.05, 0) is 35.8 Å². The summed E-state index contributed by atoms with van der Waals surface area (Å²) in [5.74, 6) is 0.906. The highest BCUT2D eigenvalue weighted by atomic mass is 79.9. The van der Waals surface area contributed by atoms with Crippen molar-refractivity contribution in [1.82, 2.24) is 19.9 Å². The number of hydrogen-bond donors (Lipinski definition) is 2. The SMILES string of the molecule is Cc1ncc(CCNC(=O)Cn2c(C)c(Br)c3ccccc32)[nH]1. The highest BCUT2D eigenvalue weighted by Crippen LogP contribution is 2.30. The molecule has 3 rings (SSSR count). The standard InChI is InChI=1S/C17H19BrN4O/c1-11-17(18)14-5-3-4-6-15(14)22(11)10-16(23)19-8-7-13-9-20-12(2)21-13/h3-6,9H,7-8,10H2,1-2H3,(H,19,23)(H,20,21). The molecular weight excluding hydrogens is 356 g/mol. The summed E-state index contributed by atoms with van der Waals surface area (Å²) >= 11 is 3.61. The van der Waals surface area contributed by atoms with E-state index >= 15 is 0 Å². The van der Waals surface area contributed by atoms with Crippen LogP contribution in [0.15, 0.2) is 34.9 Å². The predicted octanol–water partition coefficient (Wildman–Crippen LogP) is 3.10. The Bertz CT molecular complexity index is 850. The Morgan fingerprint density at radius 2 is 2.13 bits per heavy atom. The van der Waals surface area contributed by atoms with E-state index in [1.807, 2.05) is 42.8 Å². The van der Waals surface area contributed by atoms with Crippen molar-refractivity contribution in [3.63, 3.8) is 0 Å². The summed E-state index contributed by atoms with van der Waals surface area (Å²) < 4.78 is 3.09. The maximum absolute atomic E-state index is 12.2. The van der Waals surface area contributed by atoms with E-state index in [0.29, 0.717) is 13.1 Å². The number of carbonyl (C=O) groups excluding carboxylic acids is 1. The van der Waals surface area contributed by atoms with Gasteiger partial charge < -0.3 is 14.9 Å². The summed E-state index contributed by atoms with van der Waals surface area (Å²) in [6, 6.07) is 8.08. The molecule has 0 aliphatic rings. The lowest BCUT2D eigenvalue weighted by Gasteiger charge is -2.09. The zero-order valence-electron chi connectivity index (χ0n) is 13.2. The number of carbonyl (C=O) groups is 1. The van der Waals surface area contributed by atoms with Crippen LogP contribution in [0.3, 0.4) is 0 Å². The second-order valence-electron chi connectivity index (χ2n) is 5.60. The van der Waals surface area contributed by atoms with Gasteiger partial charge in [-0.1, -0.05) is 18.2 Å². The molecule has 0 atom stereocenters. The fourth-order valence-electron chi connectivity index (χ4n) is 2.73. The summed E-state index contributed by atoms with van der Waals surface area (Å²) in [4.78, 5) is 19.6. The average Bonchev–Trinajstić information content (AvgIpc) is 3.05. The van der Waals surface area contributed by atoms with Crippen LogP contribution >= 0.6 is 15.9 Å². The molecule has 0 radical (unpaired) electrons. The smallest absolute Gasteiger partial charge is 0.239 e. The number of aryl methyl sites for hydroxylation is 1. The molecule has 2 heterocycles. The minimum atomic E-state index is 0.0117. The molecule has 5 nitrogen and oxygen atoms in total. The van der Waals surface area contributed by atoms with Crippen LogP contribution in [0.2, 0.25) is 0 Å². The van der Waals surface area contributed by atoms with Crippen molar-refractivity contribution in [2.75, 3.05) is 6.54 Å². The first-order valence-corrected chi connectivity index (χ1v) is 8.36. The second-order valence-corrected chi connectivity index (χ2v) is 6.39. The molecule has 0 saturated carbocycles. The third-order valence-corrected chi connectivity index (χ3v) is 4.93. The average molecular weight is 375 g/mol. The molecule has 0 aliphatic carbocycles. The number of aromatic amines is 1. The molecule has 0 saturated heterocycles. The number of imidazole rings is 1. The van der Waals surface area contributed by atoms with Gasteiger partial charge in [-0.25, -0.2) is 4.98 Å². The van der Waals surface area contributed by atoms with Gasteiger partial charge in [0.25, 0.3) is 0 Å². The van der Waals surface area contributed by atoms with Crippen molar-refractivity contribution in [2.24, 2.45) is 0 Å². The van der Waals surface area contributed by atoms with Crippen LogP contribution in [0.25, 0.3) is 10.9 Å². The molecule has 1 aromatic carbocycles. The fraction of sp³-hybridized carbons (Fsp3) is 0.294. The van der Waals surface area contributed by atoms with Crippen LogP contribution in [0, 0.1) is 13.8 Å². The molecule has 0 spiro atoms. The van der Waals surface area contributed by atoms with E-state index in [4.69, 9.17) is 0 Å². The Labute approximate surface area is 143 Å². The van der Waals surface area contributed by atoms with Crippen LogP contribution in [0.5, 0.6) is 0 Å². The lowest BCUT2D eigenvalue weighted by Crippen LogP contribution is -2.29. The van der Waals surface area contributed by atoms with Crippen LogP contribution in [0.1, 0.15) is 17.2 Å². The van der Waals surface area contributed by atoms with Crippen molar-refractivity contribution < 1.29 is 4.79 Å². The van der Waals surface area contributed by atoms with Gasteiger partial charge in [-0.15, -0.1) is 0 Å². The monoisotopic (exact) mass is 374 g/mol. The first kappa shape index (κ1) is 15.8. The maximum Gasteiger partial charge on any atom is 0.239 e. The highest BCUT2D eigenvalue weighted by molar-refractivity contribution is 9.10. The number of nitrogens with zero attached hydrogens (tertiary/aromatic N) is 2. The van der Waals surface area contributed by atoms with Gasteiger partial charge in [0, 0.05) is 45.9 Å². The fourth-order valence-corrected chi connectivity index (χ4v) is 3.28. The van der Waals surface area contributed by atoms with Crippen LogP contribution in [0.4, 0.5) is 0 Å². The molecule has 2 aromatic heterocycles. The second kappa shape index (κ2) is 6.58. The summed E-state index contributed by atoms with van der Waals surface area (Å²) in [7, 11) is 0. The number of hydrogen-bond acceptors (Lipinski definition) is 2. The molecule has 6 heteroatoms. The summed E-state index contributed by atoms with van der Waals surface area (Å²) in [5, 5.41) is 4.10. The highest BCUT2D eigenvalue weighted by Gasteiger charge is 2.13. The zero-order chi connectivity index (χ0) is 16.4. The van der Waals surface area contributed by atoms with Crippen LogP contribution in [-0.2, 0) is 17.8 Å². The number of benzene rings is 1. The summed E-state index contributed by atoms with van der Waals surface area (Å²) in [5.41, 5.74) is 3.16. The molecule has 0 unspecified atom stereocenters. The normalized spacial score (nSPS) is 11.1. The minimum absolute atomic E-state index is 0.0117. The number of aromatic nitrogens is 3. The topological polar surface area (TPSA) is 62.7 Å². The van der Waals surface area contributed by atoms with E-state index in [0.717, 1.165) is 39.0 Å². The van der Waals surface area contributed by atoms with Crippen molar-refractivity contribution >= 4 is 32.7 Å². The van der Waals surface area contributed by atoms with E-state index < -0.39 is 0 Å². The van der Waals surface area contributed by atoms with Crippen molar-refractivity contribution in [3.05, 3.63) is 52.1 Å². The van der Waals surface area contributed by atoms with E-state index in [9.17, 15) is 4.79 Å². The van der Waals surface area contributed by atoms with E-state index in [2.05, 4.69) is 37.3 Å². The van der Waals surface area contributed by atoms with Gasteiger partial charge in [-0.2, -0.15) is 0 Å². The molecule has 0 fully saturated rings. The Hall–Kier alpha value is -2.08. The molecule has 2 N–H and O–H groups in total. The van der Waals surface area contributed by atoms with Gasteiger partial charge in [0.15, 0.2) is 0 Å². The van der Waals surface area contributed by atoms with Gasteiger partial charge in [0.05, 0.1) is 0 Å². The molecule has 23 heavy (non-hydrogen) atoms. The predicted molar refractivity (Wildman–Crippen MR) is 94.4 cm³/mol. The Balaban J connectivity index is 1.65. The van der Waals surface area contributed by atoms with Crippen LogP contribution in [-0.4, -0.2) is 27.0 Å². The first-order chi connectivity index (χ1) is 11.1. The Morgan fingerprint density at radius 3 is 2.87 bits per heavy atom. The van der Waals surface area contributed by atoms with Gasteiger partial charge >= 0.3 is 0 Å². The van der Waals surface area contributed by atoms with Crippen molar-refractivity contribution in [2.45, 2.75) is 26.8 Å². The lowest BCUT2D eigenvalue weighted by atomic mass is 10.2. The van der Waals surface area contributed by atoms with E-state index in [1.165, 1.54) is 0 Å².